The van der Waals surface area contributed by atoms with Crippen LogP contribution in [-0.2, 0) is 19.1 Å². The third-order valence-corrected chi connectivity index (χ3v) is 6.08. The van der Waals surface area contributed by atoms with Crippen molar-refractivity contribution in [1.29, 1.82) is 5.26 Å². The van der Waals surface area contributed by atoms with Gasteiger partial charge in [-0.2, -0.15) is 5.26 Å². The lowest BCUT2D eigenvalue weighted by molar-refractivity contribution is -0.139. The summed E-state index contributed by atoms with van der Waals surface area (Å²) >= 11 is 9.53. The van der Waals surface area contributed by atoms with Crippen molar-refractivity contribution in [3.05, 3.63) is 86.0 Å². The summed E-state index contributed by atoms with van der Waals surface area (Å²) in [5, 5.41) is 9.96. The van der Waals surface area contributed by atoms with Gasteiger partial charge in [-0.15, -0.1) is 0 Å². The smallest absolute Gasteiger partial charge is 0.355 e. The average molecular weight is 521 g/mol. The molecule has 2 N–H and O–H groups in total. The Balaban J connectivity index is 2.47. The summed E-state index contributed by atoms with van der Waals surface area (Å²) in [5.74, 6) is -3.79. The van der Waals surface area contributed by atoms with Gasteiger partial charge in [-0.3, -0.25) is 4.90 Å². The van der Waals surface area contributed by atoms with Crippen LogP contribution in [0.1, 0.15) is 11.5 Å². The van der Waals surface area contributed by atoms with Gasteiger partial charge in [0.1, 0.15) is 17.3 Å². The summed E-state index contributed by atoms with van der Waals surface area (Å²) in [6, 6.07) is 12.7. The summed E-state index contributed by atoms with van der Waals surface area (Å²) in [6.45, 7) is 0. The minimum atomic E-state index is -1.03. The highest BCUT2D eigenvalue weighted by Gasteiger charge is 2.43. The predicted molar refractivity (Wildman–Crippen MR) is 119 cm³/mol. The highest BCUT2D eigenvalue weighted by atomic mass is 79.9. The number of allylic oxidation sites excluding steroid dienone is 1. The number of nitriles is 1. The first-order valence-electron chi connectivity index (χ1n) is 9.06. The first-order valence-corrected chi connectivity index (χ1v) is 10.2. The Morgan fingerprint density at radius 2 is 1.81 bits per heavy atom. The minimum Gasteiger partial charge on any atom is -0.466 e. The summed E-state index contributed by atoms with van der Waals surface area (Å²) in [6.07, 6.45) is 0. The van der Waals surface area contributed by atoms with Gasteiger partial charge < -0.3 is 15.2 Å². The Morgan fingerprint density at radius 1 is 1.19 bits per heavy atom. The lowest BCUT2D eigenvalue weighted by Gasteiger charge is -2.36. The SMILES string of the molecule is COC(=O)C1=C(C(=O)OC)N(c2cc(F)cc(Br)c2Cl)C(N)=C(C#N)C1c1ccccc1. The van der Waals surface area contributed by atoms with Gasteiger partial charge >= 0.3 is 11.9 Å². The standard InChI is InChI=1S/C22H16BrClFN3O4/c1-31-21(29)17-16(11-6-4-3-5-7-11)13(10-26)20(27)28(19(17)22(30)32-2)15-9-12(25)8-14(23)18(15)24/h3-9,16H,27H2,1-2H3. The van der Waals surface area contributed by atoms with Crippen LogP contribution in [0.5, 0.6) is 0 Å². The number of rotatable bonds is 4. The summed E-state index contributed by atoms with van der Waals surface area (Å²) in [4.78, 5) is 26.9. The first-order chi connectivity index (χ1) is 15.3. The Morgan fingerprint density at radius 3 is 2.38 bits per heavy atom. The van der Waals surface area contributed by atoms with E-state index >= 15 is 0 Å². The number of hydrogen-bond acceptors (Lipinski definition) is 7. The molecule has 2 aromatic carbocycles. The highest BCUT2D eigenvalue weighted by molar-refractivity contribution is 9.10. The zero-order valence-electron chi connectivity index (χ0n) is 16.9. The van der Waals surface area contributed by atoms with E-state index < -0.39 is 23.7 Å². The second-order valence-electron chi connectivity index (χ2n) is 6.56. The Hall–Kier alpha value is -3.35. The van der Waals surface area contributed by atoms with Crippen LogP contribution in [0.15, 0.2) is 69.6 Å². The van der Waals surface area contributed by atoms with E-state index in [1.165, 1.54) is 0 Å². The van der Waals surface area contributed by atoms with Crippen LogP contribution < -0.4 is 10.6 Å². The van der Waals surface area contributed by atoms with Gasteiger partial charge in [-0.1, -0.05) is 41.9 Å². The molecule has 0 bridgehead atoms. The van der Waals surface area contributed by atoms with E-state index in [0.717, 1.165) is 31.3 Å². The zero-order valence-corrected chi connectivity index (χ0v) is 19.2. The fourth-order valence-corrected chi connectivity index (χ4v) is 4.08. The van der Waals surface area contributed by atoms with Crippen molar-refractivity contribution in [2.45, 2.75) is 5.92 Å². The number of halogens is 3. The van der Waals surface area contributed by atoms with Crippen LogP contribution in [-0.4, -0.2) is 26.2 Å². The van der Waals surface area contributed by atoms with E-state index in [1.54, 1.807) is 30.3 Å². The molecule has 2 aromatic rings. The maximum absolute atomic E-state index is 14.3. The summed E-state index contributed by atoms with van der Waals surface area (Å²) in [5.41, 5.74) is 6.18. The third kappa shape index (κ3) is 3.95. The molecule has 0 fully saturated rings. The van der Waals surface area contributed by atoms with Gasteiger partial charge in [-0.05, 0) is 33.6 Å². The quantitative estimate of drug-likeness (QED) is 0.477. The Kier molecular flexibility index (Phi) is 6.87. The van der Waals surface area contributed by atoms with Gasteiger partial charge in [0.25, 0.3) is 0 Å². The van der Waals surface area contributed by atoms with Crippen molar-refractivity contribution in [2.75, 3.05) is 19.1 Å². The Labute approximate surface area is 196 Å². The van der Waals surface area contributed by atoms with Crippen LogP contribution in [0.3, 0.4) is 0 Å². The molecular formula is C22H16BrClFN3O4. The summed E-state index contributed by atoms with van der Waals surface area (Å²) < 4.78 is 24.3. The topological polar surface area (TPSA) is 106 Å². The van der Waals surface area contributed by atoms with E-state index in [2.05, 4.69) is 15.9 Å². The third-order valence-electron chi connectivity index (χ3n) is 4.83. The van der Waals surface area contributed by atoms with E-state index in [-0.39, 0.29) is 37.8 Å². The van der Waals surface area contributed by atoms with Gasteiger partial charge in [0, 0.05) is 4.47 Å². The van der Waals surface area contributed by atoms with E-state index in [9.17, 15) is 19.2 Å². The number of carbonyl (C=O) groups is 2. The molecule has 0 saturated heterocycles. The van der Waals surface area contributed by atoms with Crippen LogP contribution in [0.4, 0.5) is 10.1 Å². The first kappa shape index (κ1) is 23.3. The molecule has 0 spiro atoms. The van der Waals surface area contributed by atoms with Crippen molar-refractivity contribution in [2.24, 2.45) is 5.73 Å². The maximum Gasteiger partial charge on any atom is 0.355 e. The lowest BCUT2D eigenvalue weighted by Crippen LogP contribution is -2.41. The van der Waals surface area contributed by atoms with Crippen molar-refractivity contribution in [1.82, 2.24) is 0 Å². The molecule has 1 aliphatic heterocycles. The molecule has 0 aliphatic carbocycles. The van der Waals surface area contributed by atoms with Gasteiger partial charge in [0.2, 0.25) is 0 Å². The molecule has 0 aromatic heterocycles. The maximum atomic E-state index is 14.3. The van der Waals surface area contributed by atoms with E-state index in [0.29, 0.717) is 5.56 Å². The molecule has 1 heterocycles. The minimum absolute atomic E-state index is 0.00424. The average Bonchev–Trinajstić information content (AvgIpc) is 2.80. The molecular weight excluding hydrogens is 505 g/mol. The van der Waals surface area contributed by atoms with Crippen molar-refractivity contribution >= 4 is 45.2 Å². The summed E-state index contributed by atoms with van der Waals surface area (Å²) in [7, 11) is 2.25. The van der Waals surface area contributed by atoms with Gasteiger partial charge in [-0.25, -0.2) is 14.0 Å². The van der Waals surface area contributed by atoms with Crippen LogP contribution >= 0.6 is 27.5 Å². The fourth-order valence-electron chi connectivity index (χ4n) is 3.47. The second kappa shape index (κ2) is 9.42. The number of nitrogens with two attached hydrogens (primary N) is 1. The lowest BCUT2D eigenvalue weighted by atomic mass is 9.81. The number of carbonyl (C=O) groups excluding carboxylic acids is 2. The normalized spacial score (nSPS) is 16.0. The number of nitrogens with zero attached hydrogens (tertiary/aromatic N) is 2. The molecule has 10 heteroatoms. The van der Waals surface area contributed by atoms with Crippen LogP contribution in [0.25, 0.3) is 0 Å². The van der Waals surface area contributed by atoms with Gasteiger partial charge in [0.15, 0.2) is 0 Å². The Bertz CT molecular complexity index is 1210. The molecule has 0 saturated carbocycles. The number of esters is 2. The molecule has 1 aliphatic rings. The number of hydrogen-bond donors (Lipinski definition) is 1. The molecule has 1 unspecified atom stereocenters. The van der Waals surface area contributed by atoms with Crippen molar-refractivity contribution in [3.8, 4) is 6.07 Å². The van der Waals surface area contributed by atoms with Gasteiger partial charge in [0.05, 0.1) is 48.1 Å². The second-order valence-corrected chi connectivity index (χ2v) is 7.79. The number of ether oxygens (including phenoxy) is 2. The molecule has 7 nitrogen and oxygen atoms in total. The number of benzene rings is 2. The van der Waals surface area contributed by atoms with Crippen LogP contribution in [0, 0.1) is 17.1 Å². The predicted octanol–water partition coefficient (Wildman–Crippen LogP) is 4.14. The monoisotopic (exact) mass is 519 g/mol. The number of anilines is 1. The van der Waals surface area contributed by atoms with Crippen LogP contribution in [0.2, 0.25) is 5.02 Å². The fraction of sp³-hybridized carbons (Fsp3) is 0.136. The highest BCUT2D eigenvalue weighted by Crippen LogP contribution is 2.45. The van der Waals surface area contributed by atoms with E-state index in [1.807, 2.05) is 6.07 Å². The molecule has 0 amide bonds. The molecule has 32 heavy (non-hydrogen) atoms. The largest absolute Gasteiger partial charge is 0.466 e. The molecule has 164 valence electrons. The zero-order chi connectivity index (χ0) is 23.6. The number of methoxy groups -OCH3 is 2. The molecule has 3 rings (SSSR count). The molecule has 1 atom stereocenters. The van der Waals surface area contributed by atoms with E-state index in [4.69, 9.17) is 26.8 Å². The molecule has 0 radical (unpaired) electrons. The van der Waals surface area contributed by atoms with Crippen molar-refractivity contribution in [3.63, 3.8) is 0 Å². The van der Waals surface area contributed by atoms with Crippen molar-refractivity contribution < 1.29 is 23.5 Å².